The van der Waals surface area contributed by atoms with Crippen LogP contribution in [-0.2, 0) is 6.61 Å². The van der Waals surface area contributed by atoms with Crippen LogP contribution in [0.3, 0.4) is 0 Å². The number of benzene rings is 2. The molecule has 0 amide bonds. The van der Waals surface area contributed by atoms with Gasteiger partial charge in [-0.15, -0.1) is 12.4 Å². The van der Waals surface area contributed by atoms with E-state index in [0.717, 1.165) is 5.56 Å². The zero-order valence-electron chi connectivity index (χ0n) is 11.8. The Morgan fingerprint density at radius 3 is 2.38 bits per heavy atom. The van der Waals surface area contributed by atoms with E-state index in [2.05, 4.69) is 0 Å². The third-order valence-corrected chi connectivity index (χ3v) is 3.13. The van der Waals surface area contributed by atoms with Gasteiger partial charge in [-0.1, -0.05) is 30.3 Å². The van der Waals surface area contributed by atoms with E-state index in [1.165, 1.54) is 6.07 Å². The lowest BCUT2D eigenvalue weighted by molar-refractivity contribution is 0.162. The summed E-state index contributed by atoms with van der Waals surface area (Å²) in [6.45, 7) is 2.02. The summed E-state index contributed by atoms with van der Waals surface area (Å²) >= 11 is 0. The van der Waals surface area contributed by atoms with Gasteiger partial charge in [0, 0.05) is 11.6 Å². The van der Waals surface area contributed by atoms with Gasteiger partial charge in [0.1, 0.15) is 18.1 Å². The molecule has 0 heterocycles. The molecule has 0 saturated heterocycles. The Kier molecular flexibility index (Phi) is 6.49. The molecular weight excluding hydrogens is 290 g/mol. The standard InChI is InChI=1S/C16H19NO3.ClH/c1-11(18)16(17)14-8-7-13(9-15(14)19)20-10-12-5-3-2-4-6-12;/h2-9,11,16,18-19H,10,17H2,1H3;1H/t11-,16-;/m0./s1. The molecule has 2 atom stereocenters. The van der Waals surface area contributed by atoms with Crippen LogP contribution in [0.5, 0.6) is 11.5 Å². The molecular formula is C16H20ClNO3. The molecule has 0 spiro atoms. The van der Waals surface area contributed by atoms with Crippen molar-refractivity contribution in [1.29, 1.82) is 0 Å². The SMILES string of the molecule is C[C@H](O)[C@H](N)c1ccc(OCc2ccccc2)cc1O.Cl. The molecule has 0 aliphatic heterocycles. The normalized spacial score (nSPS) is 13.1. The number of rotatable bonds is 5. The van der Waals surface area contributed by atoms with E-state index in [-0.39, 0.29) is 18.2 Å². The van der Waals surface area contributed by atoms with E-state index in [4.69, 9.17) is 10.5 Å². The Bertz CT molecular complexity index is 561. The molecule has 0 bridgehead atoms. The summed E-state index contributed by atoms with van der Waals surface area (Å²) in [4.78, 5) is 0. The second-order valence-corrected chi connectivity index (χ2v) is 4.76. The van der Waals surface area contributed by atoms with Crippen LogP contribution < -0.4 is 10.5 Å². The average molecular weight is 310 g/mol. The quantitative estimate of drug-likeness (QED) is 0.794. The van der Waals surface area contributed by atoms with Gasteiger partial charge in [0.25, 0.3) is 0 Å². The molecule has 4 N–H and O–H groups in total. The van der Waals surface area contributed by atoms with Crippen molar-refractivity contribution < 1.29 is 14.9 Å². The minimum absolute atomic E-state index is 0. The maximum Gasteiger partial charge on any atom is 0.124 e. The summed E-state index contributed by atoms with van der Waals surface area (Å²) in [5, 5.41) is 19.4. The summed E-state index contributed by atoms with van der Waals surface area (Å²) in [5.41, 5.74) is 7.36. The van der Waals surface area contributed by atoms with Gasteiger partial charge in [-0.05, 0) is 24.6 Å². The van der Waals surface area contributed by atoms with Gasteiger partial charge in [0.15, 0.2) is 0 Å². The van der Waals surface area contributed by atoms with Crippen molar-refractivity contribution in [2.75, 3.05) is 0 Å². The second-order valence-electron chi connectivity index (χ2n) is 4.76. The van der Waals surface area contributed by atoms with Crippen LogP contribution in [0.15, 0.2) is 48.5 Å². The highest BCUT2D eigenvalue weighted by Gasteiger charge is 2.16. The fourth-order valence-electron chi connectivity index (χ4n) is 1.90. The number of aromatic hydroxyl groups is 1. The van der Waals surface area contributed by atoms with Crippen LogP contribution in [0.1, 0.15) is 24.1 Å². The third kappa shape index (κ3) is 4.63. The molecule has 4 nitrogen and oxygen atoms in total. The number of phenols is 1. The minimum atomic E-state index is -0.725. The fraction of sp³-hybridized carbons (Fsp3) is 0.250. The van der Waals surface area contributed by atoms with Crippen molar-refractivity contribution in [2.24, 2.45) is 5.73 Å². The topological polar surface area (TPSA) is 75.7 Å². The first-order valence-electron chi connectivity index (χ1n) is 6.51. The largest absolute Gasteiger partial charge is 0.507 e. The smallest absolute Gasteiger partial charge is 0.124 e. The lowest BCUT2D eigenvalue weighted by Crippen LogP contribution is -2.23. The third-order valence-electron chi connectivity index (χ3n) is 3.13. The zero-order valence-corrected chi connectivity index (χ0v) is 12.6. The molecule has 0 aliphatic rings. The van der Waals surface area contributed by atoms with E-state index in [0.29, 0.717) is 17.9 Å². The monoisotopic (exact) mass is 309 g/mol. The fourth-order valence-corrected chi connectivity index (χ4v) is 1.90. The highest BCUT2D eigenvalue weighted by Crippen LogP contribution is 2.29. The van der Waals surface area contributed by atoms with Crippen molar-refractivity contribution >= 4 is 12.4 Å². The predicted molar refractivity (Wildman–Crippen MR) is 84.7 cm³/mol. The minimum Gasteiger partial charge on any atom is -0.507 e. The lowest BCUT2D eigenvalue weighted by atomic mass is 10.0. The molecule has 114 valence electrons. The highest BCUT2D eigenvalue weighted by molar-refractivity contribution is 5.85. The number of phenolic OH excluding ortho intramolecular Hbond substituents is 1. The van der Waals surface area contributed by atoms with Gasteiger partial charge in [-0.25, -0.2) is 0 Å². The van der Waals surface area contributed by atoms with E-state index in [1.807, 2.05) is 30.3 Å². The van der Waals surface area contributed by atoms with E-state index in [9.17, 15) is 10.2 Å². The summed E-state index contributed by atoms with van der Waals surface area (Å²) in [5.74, 6) is 0.594. The molecule has 0 radical (unpaired) electrons. The van der Waals surface area contributed by atoms with Gasteiger partial charge in [0.2, 0.25) is 0 Å². The van der Waals surface area contributed by atoms with Gasteiger partial charge in [0.05, 0.1) is 12.1 Å². The molecule has 0 fully saturated rings. The second kappa shape index (κ2) is 7.88. The van der Waals surface area contributed by atoms with Crippen molar-refractivity contribution in [3.8, 4) is 11.5 Å². The van der Waals surface area contributed by atoms with Crippen LogP contribution in [0.2, 0.25) is 0 Å². The Balaban J connectivity index is 0.00000220. The van der Waals surface area contributed by atoms with E-state index in [1.54, 1.807) is 19.1 Å². The number of hydrogen-bond donors (Lipinski definition) is 3. The Labute approximate surface area is 130 Å². The summed E-state index contributed by atoms with van der Waals surface area (Å²) in [6.07, 6.45) is -0.725. The maximum absolute atomic E-state index is 9.94. The number of nitrogens with two attached hydrogens (primary N) is 1. The molecule has 2 aromatic rings. The first-order chi connectivity index (χ1) is 9.58. The van der Waals surface area contributed by atoms with Gasteiger partial charge in [-0.2, -0.15) is 0 Å². The summed E-state index contributed by atoms with van der Waals surface area (Å²) < 4.78 is 5.60. The molecule has 2 rings (SSSR count). The first-order valence-corrected chi connectivity index (χ1v) is 6.51. The van der Waals surface area contributed by atoms with Crippen LogP contribution in [0, 0.1) is 0 Å². The van der Waals surface area contributed by atoms with Crippen molar-refractivity contribution in [3.05, 3.63) is 59.7 Å². The maximum atomic E-state index is 9.94. The molecule has 0 saturated carbocycles. The van der Waals surface area contributed by atoms with Gasteiger partial charge < -0.3 is 20.7 Å². The highest BCUT2D eigenvalue weighted by atomic mass is 35.5. The van der Waals surface area contributed by atoms with Crippen LogP contribution in [0.4, 0.5) is 0 Å². The Morgan fingerprint density at radius 1 is 1.14 bits per heavy atom. The van der Waals surface area contributed by atoms with E-state index >= 15 is 0 Å². The van der Waals surface area contributed by atoms with Crippen molar-refractivity contribution in [2.45, 2.75) is 25.7 Å². The number of aliphatic hydroxyl groups excluding tert-OH is 1. The van der Waals surface area contributed by atoms with Crippen molar-refractivity contribution in [1.82, 2.24) is 0 Å². The van der Waals surface area contributed by atoms with Crippen LogP contribution in [-0.4, -0.2) is 16.3 Å². The average Bonchev–Trinajstić information content (AvgIpc) is 2.45. The molecule has 0 aromatic heterocycles. The van der Waals surface area contributed by atoms with Crippen molar-refractivity contribution in [3.63, 3.8) is 0 Å². The van der Waals surface area contributed by atoms with Gasteiger partial charge >= 0.3 is 0 Å². The molecule has 2 aromatic carbocycles. The number of ether oxygens (including phenoxy) is 1. The van der Waals surface area contributed by atoms with Crippen LogP contribution in [0.25, 0.3) is 0 Å². The molecule has 21 heavy (non-hydrogen) atoms. The number of halogens is 1. The Hall–Kier alpha value is -1.75. The van der Waals surface area contributed by atoms with E-state index < -0.39 is 12.1 Å². The predicted octanol–water partition coefficient (Wildman–Crippen LogP) is 2.77. The summed E-state index contributed by atoms with van der Waals surface area (Å²) in [6, 6.07) is 14.1. The number of aliphatic hydroxyl groups is 1. The molecule has 0 aliphatic carbocycles. The Morgan fingerprint density at radius 2 is 1.81 bits per heavy atom. The molecule has 5 heteroatoms. The van der Waals surface area contributed by atoms with Gasteiger partial charge in [-0.3, -0.25) is 0 Å². The zero-order chi connectivity index (χ0) is 14.5. The number of hydrogen-bond acceptors (Lipinski definition) is 4. The lowest BCUT2D eigenvalue weighted by Gasteiger charge is -2.17. The molecule has 0 unspecified atom stereocenters. The first kappa shape index (κ1) is 17.3. The van der Waals surface area contributed by atoms with Crippen LogP contribution >= 0.6 is 12.4 Å². The summed E-state index contributed by atoms with van der Waals surface area (Å²) in [7, 11) is 0.